The number of hydrogen-bond acceptors (Lipinski definition) is 3. The van der Waals surface area contributed by atoms with Crippen molar-refractivity contribution in [1.82, 2.24) is 4.98 Å². The third-order valence-electron chi connectivity index (χ3n) is 2.41. The van der Waals surface area contributed by atoms with Crippen LogP contribution in [0.25, 0.3) is 11.1 Å². The van der Waals surface area contributed by atoms with Crippen LogP contribution in [0, 0.1) is 11.3 Å². The second-order valence-electron chi connectivity index (χ2n) is 3.36. The summed E-state index contributed by atoms with van der Waals surface area (Å²) in [5.41, 5.74) is 2.05. The average Bonchev–Trinajstić information content (AvgIpc) is 2.59. The van der Waals surface area contributed by atoms with E-state index in [-0.39, 0.29) is 5.92 Å². The van der Waals surface area contributed by atoms with Gasteiger partial charge in [-0.05, 0) is 24.1 Å². The molecule has 15 heavy (non-hydrogen) atoms. The Hall–Kier alpha value is -2.02. The molecule has 0 aliphatic heterocycles. The first-order valence-electron chi connectivity index (χ1n) is 4.77. The molecule has 4 nitrogen and oxygen atoms in total. The molecule has 0 bridgehead atoms. The Bertz CT molecular complexity index is 574. The second-order valence-corrected chi connectivity index (χ2v) is 3.36. The van der Waals surface area contributed by atoms with Crippen molar-refractivity contribution in [3.8, 4) is 6.07 Å². The molecule has 0 aliphatic rings. The molecule has 76 valence electrons. The Balaban J connectivity index is 2.56. The van der Waals surface area contributed by atoms with Crippen molar-refractivity contribution in [2.45, 2.75) is 19.3 Å². The zero-order valence-electron chi connectivity index (χ0n) is 8.28. The molecule has 0 saturated carbocycles. The van der Waals surface area contributed by atoms with Crippen molar-refractivity contribution in [1.29, 1.82) is 5.26 Å². The van der Waals surface area contributed by atoms with Crippen molar-refractivity contribution in [2.24, 2.45) is 0 Å². The Kier molecular flexibility index (Phi) is 2.30. The van der Waals surface area contributed by atoms with Gasteiger partial charge in [-0.3, -0.25) is 4.98 Å². The lowest BCUT2D eigenvalue weighted by atomic mass is 9.98. The predicted octanol–water partition coefficient (Wildman–Crippen LogP) is 2.14. The third-order valence-corrected chi connectivity index (χ3v) is 2.41. The smallest absolute Gasteiger partial charge is 0.408 e. The lowest BCUT2D eigenvalue weighted by Crippen LogP contribution is -1.93. The van der Waals surface area contributed by atoms with Crippen LogP contribution in [0.15, 0.2) is 27.4 Å². The highest BCUT2D eigenvalue weighted by molar-refractivity contribution is 5.73. The molecule has 1 heterocycles. The molecule has 0 fully saturated rings. The molecule has 2 rings (SSSR count). The number of aromatic nitrogens is 1. The number of oxazole rings is 1. The van der Waals surface area contributed by atoms with E-state index in [1.54, 1.807) is 12.1 Å². The number of H-pyrrole nitrogens is 1. The van der Waals surface area contributed by atoms with Gasteiger partial charge in [-0.1, -0.05) is 13.0 Å². The Morgan fingerprint density at radius 3 is 3.07 bits per heavy atom. The minimum Gasteiger partial charge on any atom is -0.408 e. The van der Waals surface area contributed by atoms with Gasteiger partial charge in [0.05, 0.1) is 17.5 Å². The summed E-state index contributed by atoms with van der Waals surface area (Å²) in [6.45, 7) is 1.95. The Labute approximate surface area is 86.1 Å². The quantitative estimate of drug-likeness (QED) is 0.810. The number of rotatable bonds is 2. The molecule has 0 saturated heterocycles. The van der Waals surface area contributed by atoms with Crippen LogP contribution in [0.2, 0.25) is 0 Å². The average molecular weight is 202 g/mol. The topological polar surface area (TPSA) is 69.8 Å². The zero-order valence-corrected chi connectivity index (χ0v) is 8.28. The van der Waals surface area contributed by atoms with Gasteiger partial charge >= 0.3 is 5.76 Å². The second kappa shape index (κ2) is 3.62. The lowest BCUT2D eigenvalue weighted by Gasteiger charge is -2.04. The van der Waals surface area contributed by atoms with Crippen molar-refractivity contribution >= 4 is 11.1 Å². The van der Waals surface area contributed by atoms with Crippen LogP contribution in [0.4, 0.5) is 0 Å². The fourth-order valence-corrected chi connectivity index (χ4v) is 1.58. The predicted molar refractivity (Wildman–Crippen MR) is 55.5 cm³/mol. The normalized spacial score (nSPS) is 12.5. The van der Waals surface area contributed by atoms with E-state index in [9.17, 15) is 4.79 Å². The van der Waals surface area contributed by atoms with E-state index in [2.05, 4.69) is 11.1 Å². The number of aromatic amines is 1. The molecular formula is C11H10N2O2. The molecule has 1 unspecified atom stereocenters. The van der Waals surface area contributed by atoms with Gasteiger partial charge in [-0.25, -0.2) is 4.79 Å². The van der Waals surface area contributed by atoms with Crippen LogP contribution < -0.4 is 5.76 Å². The minimum absolute atomic E-state index is 0.144. The van der Waals surface area contributed by atoms with Crippen LogP contribution in [-0.4, -0.2) is 4.98 Å². The van der Waals surface area contributed by atoms with Gasteiger partial charge in [0.1, 0.15) is 0 Å². The highest BCUT2D eigenvalue weighted by Gasteiger charge is 2.10. The summed E-state index contributed by atoms with van der Waals surface area (Å²) < 4.78 is 4.93. The SMILES string of the molecule is CCC(C#N)c1ccc2[nH]c(=O)oc2c1. The molecule has 1 atom stereocenters. The molecular weight excluding hydrogens is 192 g/mol. The maximum atomic E-state index is 10.9. The van der Waals surface area contributed by atoms with E-state index >= 15 is 0 Å². The molecule has 0 amide bonds. The van der Waals surface area contributed by atoms with Crippen molar-refractivity contribution in [3.63, 3.8) is 0 Å². The molecule has 1 aromatic heterocycles. The summed E-state index contributed by atoms with van der Waals surface area (Å²) in [4.78, 5) is 13.5. The number of fused-ring (bicyclic) bond motifs is 1. The number of nitrogens with zero attached hydrogens (tertiary/aromatic N) is 1. The van der Waals surface area contributed by atoms with Crippen LogP contribution in [-0.2, 0) is 0 Å². The Morgan fingerprint density at radius 1 is 1.60 bits per heavy atom. The molecule has 1 N–H and O–H groups in total. The number of nitrogens with one attached hydrogen (secondary N) is 1. The first-order valence-corrected chi connectivity index (χ1v) is 4.77. The molecule has 1 aromatic carbocycles. The van der Waals surface area contributed by atoms with Gasteiger partial charge in [0.2, 0.25) is 0 Å². The fraction of sp³-hybridized carbons (Fsp3) is 0.273. The fourth-order valence-electron chi connectivity index (χ4n) is 1.58. The van der Waals surface area contributed by atoms with Gasteiger partial charge in [0.15, 0.2) is 5.58 Å². The van der Waals surface area contributed by atoms with Crippen LogP contribution in [0.3, 0.4) is 0 Å². The van der Waals surface area contributed by atoms with Crippen molar-refractivity contribution in [3.05, 3.63) is 34.3 Å². The van der Waals surface area contributed by atoms with Gasteiger partial charge in [0.25, 0.3) is 0 Å². The molecule has 0 aliphatic carbocycles. The molecule has 0 radical (unpaired) electrons. The summed E-state index contributed by atoms with van der Waals surface area (Å²) in [6, 6.07) is 7.55. The highest BCUT2D eigenvalue weighted by atomic mass is 16.4. The van der Waals surface area contributed by atoms with Gasteiger partial charge in [-0.2, -0.15) is 5.26 Å². The van der Waals surface area contributed by atoms with E-state index in [0.29, 0.717) is 11.1 Å². The number of nitriles is 1. The number of hydrogen-bond donors (Lipinski definition) is 1. The van der Waals surface area contributed by atoms with Gasteiger partial charge in [0, 0.05) is 0 Å². The van der Waals surface area contributed by atoms with E-state index in [4.69, 9.17) is 9.68 Å². The summed E-state index contributed by atoms with van der Waals surface area (Å²) in [5, 5.41) is 8.91. The maximum absolute atomic E-state index is 10.9. The van der Waals surface area contributed by atoms with Crippen LogP contribution in [0.1, 0.15) is 24.8 Å². The van der Waals surface area contributed by atoms with Gasteiger partial charge < -0.3 is 4.42 Å². The Morgan fingerprint density at radius 2 is 2.40 bits per heavy atom. The largest absolute Gasteiger partial charge is 0.417 e. The summed E-state index contributed by atoms with van der Waals surface area (Å²) in [6.07, 6.45) is 0.747. The summed E-state index contributed by atoms with van der Waals surface area (Å²) in [5.74, 6) is -0.609. The third kappa shape index (κ3) is 1.64. The molecule has 2 aromatic rings. The lowest BCUT2D eigenvalue weighted by molar-refractivity contribution is 0.555. The van der Waals surface area contributed by atoms with E-state index in [0.717, 1.165) is 12.0 Å². The van der Waals surface area contributed by atoms with Crippen LogP contribution in [0.5, 0.6) is 0 Å². The highest BCUT2D eigenvalue weighted by Crippen LogP contribution is 2.21. The van der Waals surface area contributed by atoms with Crippen molar-refractivity contribution in [2.75, 3.05) is 0 Å². The molecule has 4 heteroatoms. The maximum Gasteiger partial charge on any atom is 0.417 e. The summed E-state index contributed by atoms with van der Waals surface area (Å²) >= 11 is 0. The molecule has 0 spiro atoms. The zero-order chi connectivity index (χ0) is 10.8. The van der Waals surface area contributed by atoms with Crippen LogP contribution >= 0.6 is 0 Å². The van der Waals surface area contributed by atoms with E-state index < -0.39 is 5.76 Å². The van der Waals surface area contributed by atoms with E-state index in [1.807, 2.05) is 13.0 Å². The first-order chi connectivity index (χ1) is 7.24. The first kappa shape index (κ1) is 9.53. The van der Waals surface area contributed by atoms with E-state index in [1.165, 1.54) is 0 Å². The standard InChI is InChI=1S/C11H10N2O2/c1-2-7(6-12)8-3-4-9-10(5-8)15-11(14)13-9/h3-5,7H,2H2,1H3,(H,13,14). The monoisotopic (exact) mass is 202 g/mol. The summed E-state index contributed by atoms with van der Waals surface area (Å²) in [7, 11) is 0. The minimum atomic E-state index is -0.466. The number of benzene rings is 1. The van der Waals surface area contributed by atoms with Crippen molar-refractivity contribution < 1.29 is 4.42 Å². The van der Waals surface area contributed by atoms with Gasteiger partial charge in [-0.15, -0.1) is 0 Å².